The van der Waals surface area contributed by atoms with Crippen LogP contribution in [0.1, 0.15) is 38.2 Å². The van der Waals surface area contributed by atoms with Gasteiger partial charge >= 0.3 is 0 Å². The molecule has 0 spiro atoms. The van der Waals surface area contributed by atoms with Crippen molar-refractivity contribution in [1.29, 1.82) is 0 Å². The fourth-order valence-electron chi connectivity index (χ4n) is 3.10. The van der Waals surface area contributed by atoms with Crippen molar-refractivity contribution in [2.24, 2.45) is 5.92 Å². The summed E-state index contributed by atoms with van der Waals surface area (Å²) >= 11 is 0. The van der Waals surface area contributed by atoms with E-state index in [0.717, 1.165) is 29.9 Å². The van der Waals surface area contributed by atoms with Gasteiger partial charge in [-0.05, 0) is 49.3 Å². The summed E-state index contributed by atoms with van der Waals surface area (Å²) in [6.07, 6.45) is 6.71. The summed E-state index contributed by atoms with van der Waals surface area (Å²) in [6.45, 7) is 3.92. The zero-order valence-electron chi connectivity index (χ0n) is 11.7. The van der Waals surface area contributed by atoms with E-state index in [1.54, 1.807) is 0 Å². The van der Waals surface area contributed by atoms with Crippen LogP contribution in [0, 0.1) is 5.92 Å². The van der Waals surface area contributed by atoms with Crippen LogP contribution in [0.4, 0.5) is 0 Å². The summed E-state index contributed by atoms with van der Waals surface area (Å²) in [4.78, 5) is 0. The minimum atomic E-state index is 0.366. The molecule has 2 aliphatic rings. The molecule has 1 heterocycles. The fraction of sp³-hybridized carbons (Fsp3) is 0.625. The molecule has 1 aliphatic carbocycles. The highest BCUT2D eigenvalue weighted by Gasteiger charge is 2.20. The molecule has 19 heavy (non-hydrogen) atoms. The van der Waals surface area contributed by atoms with Crippen molar-refractivity contribution in [3.05, 3.63) is 23.8 Å². The van der Waals surface area contributed by atoms with E-state index < -0.39 is 0 Å². The summed E-state index contributed by atoms with van der Waals surface area (Å²) in [5.74, 6) is 2.73. The van der Waals surface area contributed by atoms with Crippen LogP contribution in [0.3, 0.4) is 0 Å². The van der Waals surface area contributed by atoms with E-state index in [9.17, 15) is 0 Å². The van der Waals surface area contributed by atoms with E-state index in [4.69, 9.17) is 9.47 Å². The minimum Gasteiger partial charge on any atom is -0.454 e. The highest BCUT2D eigenvalue weighted by molar-refractivity contribution is 5.44. The molecule has 0 aromatic heterocycles. The first-order chi connectivity index (χ1) is 9.31. The summed E-state index contributed by atoms with van der Waals surface area (Å²) in [6, 6.07) is 7.16. The molecule has 0 amide bonds. The van der Waals surface area contributed by atoms with Crippen LogP contribution in [0.2, 0.25) is 0 Å². The molecule has 1 aliphatic heterocycles. The smallest absolute Gasteiger partial charge is 0.231 e. The maximum Gasteiger partial charge on any atom is 0.231 e. The van der Waals surface area contributed by atoms with E-state index >= 15 is 0 Å². The summed E-state index contributed by atoms with van der Waals surface area (Å²) in [5, 5.41) is 2.54. The molecule has 1 saturated carbocycles. The van der Waals surface area contributed by atoms with Crippen molar-refractivity contribution in [2.75, 3.05) is 13.3 Å². The minimum absolute atomic E-state index is 0.366. The first-order valence-corrected chi connectivity index (χ1v) is 7.53. The van der Waals surface area contributed by atoms with Crippen LogP contribution in [0.25, 0.3) is 0 Å². The number of quaternary nitrogens is 1. The van der Waals surface area contributed by atoms with Gasteiger partial charge in [0.25, 0.3) is 0 Å². The molecule has 2 N–H and O–H groups in total. The van der Waals surface area contributed by atoms with Crippen LogP contribution in [-0.2, 0) is 6.42 Å². The van der Waals surface area contributed by atoms with Gasteiger partial charge < -0.3 is 14.8 Å². The van der Waals surface area contributed by atoms with Crippen molar-refractivity contribution in [2.45, 2.75) is 45.1 Å². The molecule has 0 bridgehead atoms. The Morgan fingerprint density at radius 2 is 1.89 bits per heavy atom. The van der Waals surface area contributed by atoms with Crippen molar-refractivity contribution in [1.82, 2.24) is 0 Å². The second-order valence-corrected chi connectivity index (χ2v) is 5.98. The monoisotopic (exact) mass is 262 g/mol. The summed E-state index contributed by atoms with van der Waals surface area (Å²) < 4.78 is 10.7. The number of benzene rings is 1. The van der Waals surface area contributed by atoms with E-state index in [1.165, 1.54) is 37.8 Å². The topological polar surface area (TPSA) is 35.1 Å². The van der Waals surface area contributed by atoms with Crippen LogP contribution < -0.4 is 14.8 Å². The van der Waals surface area contributed by atoms with Gasteiger partial charge in [0.2, 0.25) is 6.79 Å². The Bertz CT molecular complexity index is 425. The van der Waals surface area contributed by atoms with Crippen LogP contribution in [0.15, 0.2) is 18.2 Å². The lowest BCUT2D eigenvalue weighted by molar-refractivity contribution is -0.691. The Labute approximate surface area is 115 Å². The van der Waals surface area contributed by atoms with Gasteiger partial charge in [0.15, 0.2) is 11.5 Å². The number of fused-ring (bicyclic) bond motifs is 1. The quantitative estimate of drug-likeness (QED) is 0.902. The third-order valence-corrected chi connectivity index (χ3v) is 4.43. The number of ether oxygens (including phenoxy) is 2. The van der Waals surface area contributed by atoms with Crippen LogP contribution in [-0.4, -0.2) is 19.4 Å². The van der Waals surface area contributed by atoms with Gasteiger partial charge in [-0.1, -0.05) is 13.0 Å². The van der Waals surface area contributed by atoms with Gasteiger partial charge in [0, 0.05) is 6.42 Å². The second kappa shape index (κ2) is 5.83. The number of rotatable bonds is 4. The lowest BCUT2D eigenvalue weighted by Gasteiger charge is -2.24. The Morgan fingerprint density at radius 3 is 2.74 bits per heavy atom. The van der Waals surface area contributed by atoms with Gasteiger partial charge in [-0.15, -0.1) is 0 Å². The lowest BCUT2D eigenvalue weighted by atomic mass is 9.87. The third-order valence-electron chi connectivity index (χ3n) is 4.43. The molecule has 0 atom stereocenters. The zero-order chi connectivity index (χ0) is 13.1. The van der Waals surface area contributed by atoms with Gasteiger partial charge in [0.1, 0.15) is 0 Å². The zero-order valence-corrected chi connectivity index (χ0v) is 11.7. The first-order valence-electron chi connectivity index (χ1n) is 7.53. The first kappa shape index (κ1) is 12.8. The molecule has 104 valence electrons. The molecule has 1 aromatic carbocycles. The molecule has 3 nitrogen and oxygen atoms in total. The van der Waals surface area contributed by atoms with E-state index in [1.807, 2.05) is 6.07 Å². The SMILES string of the molecule is CC1CCC([NH2+]CCc2ccc3c(c2)OCO3)CC1. The molecular weight excluding hydrogens is 238 g/mol. The molecule has 1 aromatic rings. The highest BCUT2D eigenvalue weighted by atomic mass is 16.7. The standard InChI is InChI=1S/C16H23NO2/c1-12-2-5-14(6-3-12)17-9-8-13-4-7-15-16(10-13)19-11-18-15/h4,7,10,12,14,17H,2-3,5-6,8-9,11H2,1H3/p+1. The number of nitrogens with two attached hydrogens (primary N) is 1. The van der Waals surface area contributed by atoms with E-state index in [2.05, 4.69) is 24.4 Å². The fourth-order valence-corrected chi connectivity index (χ4v) is 3.10. The molecule has 3 rings (SSSR count). The van der Waals surface area contributed by atoms with Crippen molar-refractivity contribution in [3.63, 3.8) is 0 Å². The van der Waals surface area contributed by atoms with Crippen LogP contribution in [0.5, 0.6) is 11.5 Å². The maximum atomic E-state index is 5.41. The largest absolute Gasteiger partial charge is 0.454 e. The molecule has 1 fully saturated rings. The Morgan fingerprint density at radius 1 is 1.11 bits per heavy atom. The van der Waals surface area contributed by atoms with E-state index in [-0.39, 0.29) is 0 Å². The summed E-state index contributed by atoms with van der Waals surface area (Å²) in [5.41, 5.74) is 1.35. The predicted octanol–water partition coefficient (Wildman–Crippen LogP) is 2.10. The Balaban J connectivity index is 1.45. The molecule has 0 radical (unpaired) electrons. The average Bonchev–Trinajstić information content (AvgIpc) is 2.88. The van der Waals surface area contributed by atoms with E-state index in [0.29, 0.717) is 6.79 Å². The average molecular weight is 262 g/mol. The van der Waals surface area contributed by atoms with Crippen LogP contribution >= 0.6 is 0 Å². The van der Waals surface area contributed by atoms with Gasteiger partial charge in [0.05, 0.1) is 12.6 Å². The predicted molar refractivity (Wildman–Crippen MR) is 74.5 cm³/mol. The Hall–Kier alpha value is -1.22. The van der Waals surface area contributed by atoms with Gasteiger partial charge in [-0.25, -0.2) is 0 Å². The normalized spacial score (nSPS) is 25.5. The Kier molecular flexibility index (Phi) is 3.92. The second-order valence-electron chi connectivity index (χ2n) is 5.98. The number of hydrogen-bond acceptors (Lipinski definition) is 2. The summed E-state index contributed by atoms with van der Waals surface area (Å²) in [7, 11) is 0. The number of hydrogen-bond donors (Lipinski definition) is 1. The molecule has 0 saturated heterocycles. The maximum absolute atomic E-state index is 5.41. The third kappa shape index (κ3) is 3.21. The molecule has 3 heteroatoms. The van der Waals surface area contributed by atoms with Crippen molar-refractivity contribution >= 4 is 0 Å². The van der Waals surface area contributed by atoms with Crippen molar-refractivity contribution in [3.8, 4) is 11.5 Å². The van der Waals surface area contributed by atoms with Gasteiger partial charge in [-0.2, -0.15) is 0 Å². The lowest BCUT2D eigenvalue weighted by Crippen LogP contribution is -2.90. The molecular formula is C16H24NO2+. The highest BCUT2D eigenvalue weighted by Crippen LogP contribution is 2.32. The van der Waals surface area contributed by atoms with Gasteiger partial charge in [-0.3, -0.25) is 0 Å². The molecule has 0 unspecified atom stereocenters. The van der Waals surface area contributed by atoms with Crippen molar-refractivity contribution < 1.29 is 14.8 Å².